The van der Waals surface area contributed by atoms with Crippen LogP contribution in [0.25, 0.3) is 0 Å². The average molecular weight is 266 g/mol. The molecular weight excluding hydrogens is 240 g/mol. The maximum atomic E-state index is 11.9. The fraction of sp³-hybridized carbons (Fsp3) is 0.667. The second kappa shape index (κ2) is 6.24. The van der Waals surface area contributed by atoms with Gasteiger partial charge >= 0.3 is 0 Å². The van der Waals surface area contributed by atoms with Crippen molar-refractivity contribution in [3.63, 3.8) is 0 Å². The van der Waals surface area contributed by atoms with E-state index in [-0.39, 0.29) is 23.9 Å². The Kier molecular flexibility index (Phi) is 5.18. The molecule has 0 spiro atoms. The third-order valence-electron chi connectivity index (χ3n) is 3.43. The summed E-state index contributed by atoms with van der Waals surface area (Å²) in [5.74, 6) is 0.164. The van der Waals surface area contributed by atoms with E-state index in [4.69, 9.17) is 0 Å². The van der Waals surface area contributed by atoms with Gasteiger partial charge in [0.1, 0.15) is 6.54 Å². The quantitative estimate of drug-likeness (QED) is 0.831. The number of carbonyl (C=O) groups is 1. The summed E-state index contributed by atoms with van der Waals surface area (Å²) in [6.07, 6.45) is 4.08. The van der Waals surface area contributed by atoms with E-state index in [9.17, 15) is 9.90 Å². The standard InChI is InChI=1S/C15H26N2O2/c1-6-15(4,5)16-13(18)10-17-8-7-12(9-17)14(19)11(2)3/h7-9,11,14,19H,6,10H2,1-5H3,(H,16,18). The fourth-order valence-corrected chi connectivity index (χ4v) is 1.79. The average Bonchev–Trinajstić information content (AvgIpc) is 2.75. The van der Waals surface area contributed by atoms with Gasteiger partial charge in [-0.15, -0.1) is 0 Å². The normalized spacial score (nSPS) is 13.6. The molecule has 1 atom stereocenters. The lowest BCUT2D eigenvalue weighted by Crippen LogP contribution is -2.44. The minimum Gasteiger partial charge on any atom is -0.388 e. The summed E-state index contributed by atoms with van der Waals surface area (Å²) in [5.41, 5.74) is 0.683. The van der Waals surface area contributed by atoms with Crippen LogP contribution in [0.5, 0.6) is 0 Å². The van der Waals surface area contributed by atoms with E-state index in [0.29, 0.717) is 0 Å². The van der Waals surface area contributed by atoms with Gasteiger partial charge in [-0.3, -0.25) is 4.79 Å². The summed E-state index contributed by atoms with van der Waals surface area (Å²) in [5, 5.41) is 12.9. The summed E-state index contributed by atoms with van der Waals surface area (Å²) in [6.45, 7) is 10.3. The van der Waals surface area contributed by atoms with Gasteiger partial charge < -0.3 is 15.0 Å². The number of amides is 1. The molecule has 0 fully saturated rings. The van der Waals surface area contributed by atoms with Crippen LogP contribution in [0.4, 0.5) is 0 Å². The van der Waals surface area contributed by atoms with E-state index in [1.165, 1.54) is 0 Å². The fourth-order valence-electron chi connectivity index (χ4n) is 1.79. The van der Waals surface area contributed by atoms with Crippen LogP contribution in [0.2, 0.25) is 0 Å². The summed E-state index contributed by atoms with van der Waals surface area (Å²) >= 11 is 0. The van der Waals surface area contributed by atoms with Crippen molar-refractivity contribution in [2.75, 3.05) is 0 Å². The summed E-state index contributed by atoms with van der Waals surface area (Å²) in [6, 6.07) is 1.86. The van der Waals surface area contributed by atoms with Crippen LogP contribution in [0, 0.1) is 5.92 Å². The number of carbonyl (C=O) groups excluding carboxylic acids is 1. The molecule has 4 nitrogen and oxygen atoms in total. The molecule has 1 aromatic rings. The smallest absolute Gasteiger partial charge is 0.240 e. The molecule has 0 aliphatic carbocycles. The van der Waals surface area contributed by atoms with Gasteiger partial charge in [0.25, 0.3) is 0 Å². The van der Waals surface area contributed by atoms with Gasteiger partial charge in [-0.05, 0) is 37.8 Å². The van der Waals surface area contributed by atoms with Crippen molar-refractivity contribution >= 4 is 5.91 Å². The van der Waals surface area contributed by atoms with Gasteiger partial charge in [-0.25, -0.2) is 0 Å². The third kappa shape index (κ3) is 4.71. The number of hydrogen-bond acceptors (Lipinski definition) is 2. The second-order valence-corrected chi connectivity index (χ2v) is 6.09. The molecule has 4 heteroatoms. The highest BCUT2D eigenvalue weighted by Gasteiger charge is 2.18. The van der Waals surface area contributed by atoms with Crippen molar-refractivity contribution in [1.82, 2.24) is 9.88 Å². The molecule has 19 heavy (non-hydrogen) atoms. The van der Waals surface area contributed by atoms with E-state index in [1.807, 2.05) is 57.6 Å². The largest absolute Gasteiger partial charge is 0.388 e. The molecular formula is C15H26N2O2. The van der Waals surface area contributed by atoms with E-state index in [2.05, 4.69) is 5.32 Å². The zero-order valence-electron chi connectivity index (χ0n) is 12.6. The lowest BCUT2D eigenvalue weighted by molar-refractivity contribution is -0.123. The Morgan fingerprint density at radius 1 is 1.47 bits per heavy atom. The molecule has 0 radical (unpaired) electrons. The highest BCUT2D eigenvalue weighted by Crippen LogP contribution is 2.21. The van der Waals surface area contributed by atoms with Crippen molar-refractivity contribution in [1.29, 1.82) is 0 Å². The van der Waals surface area contributed by atoms with Crippen LogP contribution in [0.1, 0.15) is 52.7 Å². The maximum absolute atomic E-state index is 11.9. The van der Waals surface area contributed by atoms with Gasteiger partial charge in [0.15, 0.2) is 0 Å². The first-order chi connectivity index (χ1) is 8.75. The molecule has 0 aliphatic heterocycles. The Bertz CT molecular complexity index is 422. The van der Waals surface area contributed by atoms with Gasteiger partial charge in [-0.2, -0.15) is 0 Å². The van der Waals surface area contributed by atoms with Crippen molar-refractivity contribution < 1.29 is 9.90 Å². The zero-order chi connectivity index (χ0) is 14.6. The molecule has 1 rings (SSSR count). The molecule has 0 aromatic carbocycles. The first-order valence-corrected chi connectivity index (χ1v) is 6.90. The summed E-state index contributed by atoms with van der Waals surface area (Å²) < 4.78 is 1.81. The molecule has 0 aliphatic rings. The Hall–Kier alpha value is -1.29. The molecule has 0 bridgehead atoms. The molecule has 0 saturated heterocycles. The topological polar surface area (TPSA) is 54.3 Å². The first-order valence-electron chi connectivity index (χ1n) is 6.90. The van der Waals surface area contributed by atoms with E-state index in [0.717, 1.165) is 12.0 Å². The molecule has 1 unspecified atom stereocenters. The Morgan fingerprint density at radius 2 is 2.11 bits per heavy atom. The van der Waals surface area contributed by atoms with Crippen molar-refractivity contribution in [3.8, 4) is 0 Å². The molecule has 1 heterocycles. The summed E-state index contributed by atoms with van der Waals surface area (Å²) in [4.78, 5) is 11.9. The number of aliphatic hydroxyl groups is 1. The Balaban J connectivity index is 2.61. The number of nitrogens with zero attached hydrogens (tertiary/aromatic N) is 1. The monoisotopic (exact) mass is 266 g/mol. The van der Waals surface area contributed by atoms with Crippen molar-refractivity contribution in [2.45, 2.75) is 59.2 Å². The first kappa shape index (κ1) is 15.8. The Labute approximate surface area is 115 Å². The highest BCUT2D eigenvalue weighted by atomic mass is 16.3. The summed E-state index contributed by atoms with van der Waals surface area (Å²) in [7, 11) is 0. The van der Waals surface area contributed by atoms with Crippen LogP contribution in [-0.4, -0.2) is 21.1 Å². The zero-order valence-corrected chi connectivity index (χ0v) is 12.6. The van der Waals surface area contributed by atoms with Crippen molar-refractivity contribution in [3.05, 3.63) is 24.0 Å². The van der Waals surface area contributed by atoms with E-state index in [1.54, 1.807) is 0 Å². The van der Waals surface area contributed by atoms with Gasteiger partial charge in [-0.1, -0.05) is 20.8 Å². The number of rotatable bonds is 6. The molecule has 1 aromatic heterocycles. The van der Waals surface area contributed by atoms with Crippen LogP contribution in [0.15, 0.2) is 18.5 Å². The highest BCUT2D eigenvalue weighted by molar-refractivity contribution is 5.76. The lowest BCUT2D eigenvalue weighted by Gasteiger charge is -2.24. The minimum atomic E-state index is -0.476. The van der Waals surface area contributed by atoms with Gasteiger partial charge in [0, 0.05) is 17.9 Å². The molecule has 2 N–H and O–H groups in total. The van der Waals surface area contributed by atoms with E-state index < -0.39 is 6.10 Å². The van der Waals surface area contributed by atoms with Gasteiger partial charge in [0.2, 0.25) is 5.91 Å². The van der Waals surface area contributed by atoms with Crippen LogP contribution >= 0.6 is 0 Å². The predicted octanol–water partition coefficient (Wildman–Crippen LogP) is 2.48. The van der Waals surface area contributed by atoms with E-state index >= 15 is 0 Å². The molecule has 1 amide bonds. The number of hydrogen-bond donors (Lipinski definition) is 2. The number of aromatic nitrogens is 1. The van der Waals surface area contributed by atoms with Crippen molar-refractivity contribution in [2.24, 2.45) is 5.92 Å². The minimum absolute atomic E-state index is 0.00645. The maximum Gasteiger partial charge on any atom is 0.240 e. The molecule has 0 saturated carbocycles. The predicted molar refractivity (Wildman–Crippen MR) is 76.7 cm³/mol. The third-order valence-corrected chi connectivity index (χ3v) is 3.43. The molecule has 108 valence electrons. The van der Waals surface area contributed by atoms with Crippen LogP contribution in [0.3, 0.4) is 0 Å². The van der Waals surface area contributed by atoms with Crippen LogP contribution in [-0.2, 0) is 11.3 Å². The second-order valence-electron chi connectivity index (χ2n) is 6.09. The van der Waals surface area contributed by atoms with Gasteiger partial charge in [0.05, 0.1) is 6.10 Å². The number of aliphatic hydroxyl groups excluding tert-OH is 1. The lowest BCUT2D eigenvalue weighted by atomic mass is 10.0. The Morgan fingerprint density at radius 3 is 2.63 bits per heavy atom. The SMILES string of the molecule is CCC(C)(C)NC(=O)Cn1ccc(C(O)C(C)C)c1. The number of nitrogens with one attached hydrogen (secondary N) is 1. The van der Waals surface area contributed by atoms with Crippen LogP contribution < -0.4 is 5.32 Å².